The number of hydrogen-bond acceptors (Lipinski definition) is 6. The van der Waals surface area contributed by atoms with Gasteiger partial charge in [0.05, 0.1) is 22.4 Å². The summed E-state index contributed by atoms with van der Waals surface area (Å²) in [5.41, 5.74) is 29.4. The van der Waals surface area contributed by atoms with E-state index in [1.807, 2.05) is 24.5 Å². The summed E-state index contributed by atoms with van der Waals surface area (Å²) >= 11 is 2.53. The molecule has 0 aliphatic heterocycles. The molecule has 0 spiro atoms. The van der Waals surface area contributed by atoms with Crippen molar-refractivity contribution in [3.63, 3.8) is 0 Å². The van der Waals surface area contributed by atoms with Gasteiger partial charge in [-0.2, -0.15) is 0 Å². The second-order valence-electron chi connectivity index (χ2n) is 36.8. The van der Waals surface area contributed by atoms with Gasteiger partial charge in [0.1, 0.15) is 0 Å². The molecule has 1 aliphatic carbocycles. The summed E-state index contributed by atoms with van der Waals surface area (Å²) in [6.45, 7) is 18.7. The number of benzene rings is 21. The van der Waals surface area contributed by atoms with Gasteiger partial charge in [-0.15, -0.1) is 0 Å². The fraction of sp³-hybridized carbons (Fsp3) is 0.0894. The molecule has 2 aromatic heterocycles. The lowest BCUT2D eigenvalue weighted by Crippen LogP contribution is -2.15. The Morgan fingerprint density at radius 3 is 0.930 bits per heavy atom. The van der Waals surface area contributed by atoms with Crippen molar-refractivity contribution in [1.82, 2.24) is 9.97 Å². The van der Waals surface area contributed by atoms with Crippen molar-refractivity contribution < 1.29 is 5.98 Å². The summed E-state index contributed by atoms with van der Waals surface area (Å²) in [7, 11) is 0. The Labute approximate surface area is 761 Å². The van der Waals surface area contributed by atoms with Gasteiger partial charge in [0.25, 0.3) is 0 Å². The summed E-state index contributed by atoms with van der Waals surface area (Å²) in [5, 5.41) is 23.3. The number of rotatable bonds is 11. The van der Waals surface area contributed by atoms with Crippen molar-refractivity contribution in [2.24, 2.45) is 0 Å². The minimum Gasteiger partial charge on any atom is -1.00 e. The molecule has 6 heteroatoms. The van der Waals surface area contributed by atoms with E-state index in [0.717, 1.165) is 55.9 Å². The third-order valence-corrected chi connectivity index (χ3v) is 26.6. The number of fused-ring (bicyclic) bond motifs is 8. The number of hydrogen-bond donors (Lipinski definition) is 2. The van der Waals surface area contributed by atoms with Crippen molar-refractivity contribution in [2.75, 3.05) is 9.80 Å². The molecule has 0 radical (unpaired) electrons. The highest BCUT2D eigenvalue weighted by Crippen LogP contribution is 2.54. The highest BCUT2D eigenvalue weighted by molar-refractivity contribution is 7.74. The van der Waals surface area contributed by atoms with Crippen LogP contribution in [-0.4, -0.2) is 14.5 Å². The number of para-hydroxylation sites is 2. The molecule has 5 nitrogen and oxygen atoms in total. The van der Waals surface area contributed by atoms with Crippen molar-refractivity contribution in [3.8, 4) is 66.8 Å². The number of anilines is 6. The third-order valence-electron chi connectivity index (χ3n) is 26.6. The molecule has 0 saturated carbocycles. The molecule has 1 N–H and O–H groups in total. The van der Waals surface area contributed by atoms with Gasteiger partial charge in [0, 0.05) is 62.1 Å². The lowest BCUT2D eigenvalue weighted by molar-refractivity contribution is 0.591. The molecule has 23 aromatic rings. The minimum absolute atomic E-state index is 0. The van der Waals surface area contributed by atoms with Crippen LogP contribution in [0.3, 0.4) is 0 Å². The molecule has 21 aromatic carbocycles. The molecule has 1 aliphatic rings. The van der Waals surface area contributed by atoms with Crippen LogP contribution >= 0.6 is 12.9 Å². The Kier molecular flexibility index (Phi) is 20.8. The van der Waals surface area contributed by atoms with Crippen molar-refractivity contribution in [2.45, 2.75) is 71.6 Å². The van der Waals surface area contributed by atoms with Gasteiger partial charge in [-0.25, -0.2) is 0 Å². The third kappa shape index (κ3) is 14.7. The van der Waals surface area contributed by atoms with Crippen molar-refractivity contribution >= 4 is 155 Å². The standard InChI is InChI=1S/C55H46.C44H32N2.C24H16N2.H2OS.H/c1-53(2,3)39-25-35-11-9-31-13-19-41(45-23-17-37(27-39)49(35)51(31)45)33-15-21-43-44-22-16-34(30-48(44)55(7,8)47(43)29-33)42-20-14-32-10-12-36-26-40(54(4,5)6)28-38-18-24-46(42)52(32)50(36)38;1-3-17-37(18-4-1)45(43-23-11-15-35-13-7-9-21-41(35)43)39-29-25-33(26-30-39)34-27-31-40(32-28-34)46(38-19-5-2-6-20-38)44-24-12-16-36-14-8-10-22-42(36)44;1-3-7-17(8-4-1)19-13-15-25-23-21(19)11-12-22-20(14-16-26-24(22)23)18-9-5-2-6-10-18;1-2;/h9-30H,1-8H3;1-32H;1-16H;1-2H;/q;;;;-1/i;;;;1+2. The number of nitrogens with zero attached hydrogens (tertiary/aromatic N) is 4. The van der Waals surface area contributed by atoms with Crippen molar-refractivity contribution in [1.29, 1.82) is 0 Å². The number of aromatic nitrogens is 2. The molecule has 129 heavy (non-hydrogen) atoms. The fourth-order valence-electron chi connectivity index (χ4n) is 20.1. The monoisotopic (exact) mass is 1680 g/mol. The van der Waals surface area contributed by atoms with Crippen LogP contribution in [-0.2, 0) is 16.2 Å². The van der Waals surface area contributed by atoms with E-state index in [4.69, 9.17) is 4.55 Å². The lowest BCUT2D eigenvalue weighted by atomic mass is 9.80. The van der Waals surface area contributed by atoms with Gasteiger partial charge in [0.2, 0.25) is 0 Å². The van der Waals surface area contributed by atoms with Gasteiger partial charge < -0.3 is 15.8 Å². The highest BCUT2D eigenvalue weighted by Gasteiger charge is 2.37. The summed E-state index contributed by atoms with van der Waals surface area (Å²) < 4.78 is 6.69. The van der Waals surface area contributed by atoms with Crippen LogP contribution in [0.5, 0.6) is 0 Å². The van der Waals surface area contributed by atoms with Gasteiger partial charge in [0.15, 0.2) is 0 Å². The molecular formula is C123H97N4OS-. The fourth-order valence-corrected chi connectivity index (χ4v) is 20.1. The van der Waals surface area contributed by atoms with Crippen LogP contribution in [0.25, 0.3) is 175 Å². The van der Waals surface area contributed by atoms with Crippen LogP contribution in [0.1, 0.15) is 79.1 Å². The average Bonchev–Trinajstić information content (AvgIpc) is 1.67. The molecule has 0 unspecified atom stereocenters. The Morgan fingerprint density at radius 1 is 0.240 bits per heavy atom. The lowest BCUT2D eigenvalue weighted by Gasteiger charge is -2.27. The largest absolute Gasteiger partial charge is 1.00 e. The molecule has 0 bridgehead atoms. The van der Waals surface area contributed by atoms with Gasteiger partial charge in [-0.05, 0) is 273 Å². The Bertz CT molecular complexity index is 7640. The van der Waals surface area contributed by atoms with Crippen LogP contribution < -0.4 is 9.80 Å². The zero-order chi connectivity index (χ0) is 87.8. The minimum atomic E-state index is -0.142. The molecule has 24 rings (SSSR count). The molecule has 0 atom stereocenters. The maximum atomic E-state index is 6.69. The van der Waals surface area contributed by atoms with Gasteiger partial charge in [-0.3, -0.25) is 9.97 Å². The SMILES string of the molecule is CC(C)(C)c1cc2ccc3ccc(-c4ccc5c(c4)C(C)(C)c4cc(-c6ccc7ccc8cc(C(C)(C)C)cc9ccc6c7c89)ccc4-5)c4ccc(c1)c2c34.OS.[3H-].c1ccc(-c2ccnc3c2ccc2c(-c4ccccc4)ccnc23)cc1.c1ccc(N(c2ccc(-c3ccc(N(c4ccccc4)c4cccc5ccccc45)cc3)cc2)c2cccc3ccccc23)cc1. The molecule has 0 saturated heterocycles. The van der Waals surface area contributed by atoms with Crippen molar-refractivity contribution in [3.05, 3.63) is 447 Å². The second-order valence-corrected chi connectivity index (χ2v) is 36.8. The molecule has 622 valence electrons. The first-order valence-corrected chi connectivity index (χ1v) is 45.0. The van der Waals surface area contributed by atoms with E-state index in [0.29, 0.717) is 0 Å². The normalized spacial score (nSPS) is 12.3. The Hall–Kier alpha value is -15.1. The smallest absolute Gasteiger partial charge is 0.0970 e. The van der Waals surface area contributed by atoms with E-state index >= 15 is 0 Å². The Morgan fingerprint density at radius 2 is 0.543 bits per heavy atom. The van der Waals surface area contributed by atoms with E-state index < -0.39 is 0 Å². The first kappa shape index (κ1) is 81.0. The maximum Gasteiger partial charge on any atom is 0.0970 e. The topological polar surface area (TPSA) is 52.5 Å². The summed E-state index contributed by atoms with van der Waals surface area (Å²) in [5.74, 6) is 0. The summed E-state index contributed by atoms with van der Waals surface area (Å²) in [4.78, 5) is 14.0. The molecule has 0 fully saturated rings. The number of thiol groups is 1. The maximum absolute atomic E-state index is 6.69. The van der Waals surface area contributed by atoms with Crippen LogP contribution in [0.15, 0.2) is 425 Å². The molecular weight excluding hydrogens is 1580 g/mol. The van der Waals surface area contributed by atoms with Gasteiger partial charge >= 0.3 is 0 Å². The summed E-state index contributed by atoms with van der Waals surface area (Å²) in [6.07, 6.45) is 3.75. The first-order valence-electron chi connectivity index (χ1n) is 44.6. The quantitative estimate of drug-likeness (QED) is 0.0768. The molecule has 2 heterocycles. The highest BCUT2D eigenvalue weighted by atomic mass is 32.1. The van der Waals surface area contributed by atoms with Crippen LogP contribution in [0, 0.1) is 0 Å². The second kappa shape index (κ2) is 33.1. The predicted molar refractivity (Wildman–Crippen MR) is 557 cm³/mol. The van der Waals surface area contributed by atoms with Gasteiger partial charge in [-0.1, -0.05) is 383 Å². The zero-order valence-corrected chi connectivity index (χ0v) is 74.5. The van der Waals surface area contributed by atoms with Crippen LogP contribution in [0.4, 0.5) is 34.1 Å². The predicted octanol–water partition coefficient (Wildman–Crippen LogP) is 34.9. The zero-order valence-electron chi connectivity index (χ0n) is 74.6. The Balaban J connectivity index is 0.000000127. The van der Waals surface area contributed by atoms with E-state index in [-0.39, 0.29) is 17.7 Å². The average molecular weight is 1680 g/mol. The van der Waals surface area contributed by atoms with Crippen LogP contribution in [0.2, 0.25) is 0 Å². The van der Waals surface area contributed by atoms with E-state index in [1.54, 1.807) is 0 Å². The first-order chi connectivity index (χ1) is 63.0. The van der Waals surface area contributed by atoms with E-state index in [2.05, 4.69) is 488 Å². The van der Waals surface area contributed by atoms with E-state index in [1.165, 1.54) is 175 Å². The molecule has 0 amide bonds. The summed E-state index contributed by atoms with van der Waals surface area (Å²) in [6, 6.07) is 151. The van der Waals surface area contributed by atoms with E-state index in [9.17, 15) is 0 Å². The number of pyridine rings is 2.